The number of primary amides is 1. The minimum Gasteiger partial charge on any atom is -0.465 e. The van der Waals surface area contributed by atoms with E-state index in [1.54, 1.807) is 25.3 Å². The van der Waals surface area contributed by atoms with Gasteiger partial charge in [0.2, 0.25) is 17.8 Å². The summed E-state index contributed by atoms with van der Waals surface area (Å²) in [4.78, 5) is 38.0. The summed E-state index contributed by atoms with van der Waals surface area (Å²) in [5, 5.41) is 15.3. The van der Waals surface area contributed by atoms with Crippen molar-refractivity contribution in [1.82, 2.24) is 24.4 Å². The summed E-state index contributed by atoms with van der Waals surface area (Å²) >= 11 is 0. The molecule has 1 aliphatic carbocycles. The van der Waals surface area contributed by atoms with Crippen molar-refractivity contribution in [3.05, 3.63) is 35.8 Å². The van der Waals surface area contributed by atoms with Crippen LogP contribution in [0.5, 0.6) is 0 Å². The van der Waals surface area contributed by atoms with Gasteiger partial charge in [-0.1, -0.05) is 20.8 Å². The molecule has 11 nitrogen and oxygen atoms in total. The van der Waals surface area contributed by atoms with Gasteiger partial charge in [-0.2, -0.15) is 4.98 Å². The highest BCUT2D eigenvalue weighted by molar-refractivity contribution is 5.78. The second-order valence-corrected chi connectivity index (χ2v) is 12.3. The van der Waals surface area contributed by atoms with Crippen LogP contribution in [0, 0.1) is 28.8 Å². The van der Waals surface area contributed by atoms with E-state index in [4.69, 9.17) is 5.73 Å². The lowest BCUT2D eigenvalue weighted by molar-refractivity contribution is -0.122. The van der Waals surface area contributed by atoms with Gasteiger partial charge in [0, 0.05) is 30.6 Å². The predicted octanol–water partition coefficient (Wildman–Crippen LogP) is 5.12. The van der Waals surface area contributed by atoms with Gasteiger partial charge >= 0.3 is 6.09 Å². The first-order valence-electron chi connectivity index (χ1n) is 14.1. The molecule has 1 saturated heterocycles. The smallest absolute Gasteiger partial charge is 0.407 e. The Morgan fingerprint density at radius 3 is 2.28 bits per heavy atom. The molecule has 5 N–H and O–H groups in total. The Morgan fingerprint density at radius 1 is 1.05 bits per heavy atom. The minimum atomic E-state index is -1.57. The molecule has 43 heavy (non-hydrogen) atoms. The summed E-state index contributed by atoms with van der Waals surface area (Å²) in [5.41, 5.74) is 4.78. The highest BCUT2D eigenvalue weighted by Gasteiger charge is 2.47. The fourth-order valence-corrected chi connectivity index (χ4v) is 6.23. The molecule has 1 saturated carbocycles. The largest absolute Gasteiger partial charge is 0.465 e. The molecule has 3 heterocycles. The lowest BCUT2D eigenvalue weighted by Crippen LogP contribution is -2.61. The third kappa shape index (κ3) is 6.02. The van der Waals surface area contributed by atoms with Crippen molar-refractivity contribution in [1.29, 1.82) is 0 Å². The monoisotopic (exact) mass is 606 g/mol. The highest BCUT2D eigenvalue weighted by Crippen LogP contribution is 2.38. The molecular formula is C28H34F4N8O3. The highest BCUT2D eigenvalue weighted by atomic mass is 19.1. The van der Waals surface area contributed by atoms with E-state index in [1.165, 1.54) is 6.20 Å². The number of hydrogen-bond acceptors (Lipinski definition) is 7. The van der Waals surface area contributed by atoms with Crippen molar-refractivity contribution in [3.63, 3.8) is 0 Å². The first-order valence-corrected chi connectivity index (χ1v) is 14.1. The van der Waals surface area contributed by atoms with Crippen molar-refractivity contribution in [3.8, 4) is 0 Å². The van der Waals surface area contributed by atoms with Gasteiger partial charge in [0.05, 0.1) is 18.3 Å². The summed E-state index contributed by atoms with van der Waals surface area (Å²) in [5.74, 6) is -4.01. The molecule has 2 fully saturated rings. The molecule has 0 bridgehead atoms. The van der Waals surface area contributed by atoms with Crippen LogP contribution < -0.4 is 16.4 Å². The minimum absolute atomic E-state index is 0.0271. The third-order valence-electron chi connectivity index (χ3n) is 8.29. The summed E-state index contributed by atoms with van der Waals surface area (Å²) < 4.78 is 60.2. The molecule has 3 aromatic rings. The number of fused-ring (bicyclic) bond motifs is 1. The predicted molar refractivity (Wildman–Crippen MR) is 150 cm³/mol. The summed E-state index contributed by atoms with van der Waals surface area (Å²) in [6, 6.07) is -0.907. The lowest BCUT2D eigenvalue weighted by Gasteiger charge is -2.46. The number of benzene rings is 1. The lowest BCUT2D eigenvalue weighted by atomic mass is 9.78. The molecule has 0 radical (unpaired) electrons. The fraction of sp³-hybridized carbons (Fsp3) is 0.536. The van der Waals surface area contributed by atoms with E-state index in [-0.39, 0.29) is 48.0 Å². The number of nitrogens with one attached hydrogen (secondary N) is 2. The summed E-state index contributed by atoms with van der Waals surface area (Å²) in [6.07, 6.45) is 0.739. The van der Waals surface area contributed by atoms with Crippen LogP contribution in [0.1, 0.15) is 58.9 Å². The quantitative estimate of drug-likeness (QED) is 0.282. The maximum absolute atomic E-state index is 15.9. The molecular weight excluding hydrogens is 572 g/mol. The van der Waals surface area contributed by atoms with E-state index in [0.29, 0.717) is 37.8 Å². The number of aromatic nitrogens is 4. The second-order valence-electron chi connectivity index (χ2n) is 12.3. The maximum atomic E-state index is 15.9. The fourth-order valence-electron chi connectivity index (χ4n) is 6.23. The number of carboxylic acid groups (broad SMARTS) is 1. The Hall–Kier alpha value is -4.17. The molecule has 2 aliphatic rings. The van der Waals surface area contributed by atoms with Gasteiger partial charge < -0.3 is 26.4 Å². The van der Waals surface area contributed by atoms with Gasteiger partial charge in [-0.3, -0.25) is 9.36 Å². The number of nitrogens with zero attached hydrogens (tertiary/aromatic N) is 5. The number of imidazole rings is 1. The van der Waals surface area contributed by atoms with Crippen molar-refractivity contribution >= 4 is 40.7 Å². The van der Waals surface area contributed by atoms with Crippen LogP contribution >= 0.6 is 0 Å². The van der Waals surface area contributed by atoms with Gasteiger partial charge in [-0.25, -0.2) is 32.3 Å². The Labute approximate surface area is 244 Å². The van der Waals surface area contributed by atoms with Crippen LogP contribution in [0.15, 0.2) is 18.3 Å². The van der Waals surface area contributed by atoms with E-state index in [1.807, 2.05) is 0 Å². The number of hydrogen-bond donors (Lipinski definition) is 4. The van der Waals surface area contributed by atoms with Crippen LogP contribution in [-0.4, -0.2) is 66.3 Å². The number of amides is 2. The Kier molecular flexibility index (Phi) is 8.09. The summed E-state index contributed by atoms with van der Waals surface area (Å²) in [6.45, 7) is 5.44. The van der Waals surface area contributed by atoms with Crippen molar-refractivity contribution in [2.45, 2.75) is 77.2 Å². The average Bonchev–Trinajstić information content (AvgIpc) is 3.28. The van der Waals surface area contributed by atoms with E-state index in [2.05, 4.69) is 25.6 Å². The molecule has 1 aromatic carbocycles. The number of piperidine rings is 1. The van der Waals surface area contributed by atoms with E-state index in [9.17, 15) is 27.9 Å². The van der Waals surface area contributed by atoms with Crippen LogP contribution in [0.4, 0.5) is 39.9 Å². The van der Waals surface area contributed by atoms with Crippen molar-refractivity contribution in [2.24, 2.45) is 17.1 Å². The molecule has 3 atom stereocenters. The first-order chi connectivity index (χ1) is 20.2. The topological polar surface area (TPSA) is 151 Å². The number of carbonyl (C=O) groups excluding carboxylic acids is 1. The number of rotatable bonds is 6. The molecule has 5 rings (SSSR count). The zero-order valence-electron chi connectivity index (χ0n) is 24.0. The molecule has 232 valence electrons. The van der Waals surface area contributed by atoms with Gasteiger partial charge in [-0.15, -0.1) is 0 Å². The Balaban J connectivity index is 1.50. The zero-order valence-corrected chi connectivity index (χ0v) is 24.0. The van der Waals surface area contributed by atoms with Crippen molar-refractivity contribution < 1.29 is 32.3 Å². The van der Waals surface area contributed by atoms with Crippen LogP contribution in [0.3, 0.4) is 0 Å². The number of anilines is 3. The van der Waals surface area contributed by atoms with Gasteiger partial charge in [0.25, 0.3) is 0 Å². The van der Waals surface area contributed by atoms with Crippen molar-refractivity contribution in [2.75, 3.05) is 17.2 Å². The molecule has 15 heteroatoms. The third-order valence-corrected chi connectivity index (χ3v) is 8.29. The standard InChI is InChI=1S/C28H34F4N8O3/c1-28(2,3)22-20(32)18(8-9-39(22)27(42)43)35-25-34-12-19-24(38-25)40(15-6-4-13(5-7-15)23(33)41)26(36-19)37-21-16(30)10-14(29)11-17(21)31/h10-13,15,18,20,22H,4-9H2,1-3H3,(H2,33,41)(H,36,37)(H,42,43)(H,34,35,38)/t13?,15?,18-,20+,22?/m0/s1. The molecule has 1 aliphatic heterocycles. The van der Waals surface area contributed by atoms with Crippen LogP contribution in [0.2, 0.25) is 0 Å². The molecule has 1 unspecified atom stereocenters. The van der Waals surface area contributed by atoms with E-state index < -0.39 is 58.8 Å². The summed E-state index contributed by atoms with van der Waals surface area (Å²) in [7, 11) is 0. The Morgan fingerprint density at radius 2 is 1.70 bits per heavy atom. The zero-order chi connectivity index (χ0) is 31.2. The molecule has 0 spiro atoms. The molecule has 2 amide bonds. The Bertz CT molecular complexity index is 1510. The van der Waals surface area contributed by atoms with Crippen LogP contribution in [-0.2, 0) is 4.79 Å². The van der Waals surface area contributed by atoms with Gasteiger partial charge in [-0.05, 0) is 37.5 Å². The second kappa shape index (κ2) is 11.5. The normalized spacial score (nSPS) is 24.6. The number of alkyl halides is 1. The maximum Gasteiger partial charge on any atom is 0.407 e. The number of halogens is 4. The van der Waals surface area contributed by atoms with Crippen LogP contribution in [0.25, 0.3) is 11.2 Å². The first kappa shape index (κ1) is 30.3. The SMILES string of the molecule is CC(C)(C)C1[C@H](F)[C@@H](Nc2ncc3nc(Nc4c(F)cc(F)cc4F)n(C4CCC(C(N)=O)CC4)c3n2)CCN1C(=O)O. The average molecular weight is 607 g/mol. The number of carbonyl (C=O) groups is 2. The van der Waals surface area contributed by atoms with E-state index >= 15 is 4.39 Å². The number of nitrogens with two attached hydrogens (primary N) is 1. The number of likely N-dealkylation sites (tertiary alicyclic amines) is 1. The van der Waals surface area contributed by atoms with Gasteiger partial charge in [0.15, 0.2) is 17.3 Å². The molecule has 2 aromatic heterocycles. The van der Waals surface area contributed by atoms with Gasteiger partial charge in [0.1, 0.15) is 23.2 Å². The van der Waals surface area contributed by atoms with E-state index in [0.717, 1.165) is 4.90 Å².